The van der Waals surface area contributed by atoms with Crippen LogP contribution in [0.3, 0.4) is 0 Å². The van der Waals surface area contributed by atoms with Crippen LogP contribution in [0.4, 0.5) is 8.78 Å². The van der Waals surface area contributed by atoms with E-state index in [1.54, 1.807) is 13.8 Å². The van der Waals surface area contributed by atoms with E-state index in [9.17, 15) is 8.78 Å². The molecule has 0 aromatic heterocycles. The van der Waals surface area contributed by atoms with E-state index in [0.717, 1.165) is 0 Å². The number of rotatable bonds is 2. The Morgan fingerprint density at radius 2 is 1.87 bits per heavy atom. The number of nitrogens with two attached hydrogens (primary N) is 1. The summed E-state index contributed by atoms with van der Waals surface area (Å²) in [6, 6.07) is 1.18. The second-order valence-electron chi connectivity index (χ2n) is 3.79. The summed E-state index contributed by atoms with van der Waals surface area (Å²) in [4.78, 5) is 0. The average Bonchev–Trinajstić information content (AvgIpc) is 2.10. The fourth-order valence-corrected chi connectivity index (χ4v) is 1.42. The molecular weight excluding hydrogens is 224 g/mol. The zero-order chi connectivity index (χ0) is 11.8. The van der Waals surface area contributed by atoms with Crippen molar-refractivity contribution in [2.45, 2.75) is 19.4 Å². The summed E-state index contributed by atoms with van der Waals surface area (Å²) in [5.41, 5.74) is 4.89. The van der Waals surface area contributed by atoms with Crippen molar-refractivity contribution in [3.8, 4) is 5.75 Å². The molecule has 0 spiro atoms. The van der Waals surface area contributed by atoms with Gasteiger partial charge in [-0.25, -0.2) is 8.78 Å². The van der Waals surface area contributed by atoms with Crippen molar-refractivity contribution in [3.05, 3.63) is 28.3 Å². The zero-order valence-electron chi connectivity index (χ0n) is 8.70. The molecule has 0 aliphatic heterocycles. The van der Waals surface area contributed by atoms with Crippen molar-refractivity contribution in [2.24, 2.45) is 5.73 Å². The SMILES string of the molecule is COc1c(F)c(Cl)cc(C(C)(C)N)c1F. The smallest absolute Gasteiger partial charge is 0.192 e. The van der Waals surface area contributed by atoms with Gasteiger partial charge in [-0.2, -0.15) is 0 Å². The lowest BCUT2D eigenvalue weighted by Gasteiger charge is -2.21. The van der Waals surface area contributed by atoms with Crippen molar-refractivity contribution in [3.63, 3.8) is 0 Å². The van der Waals surface area contributed by atoms with Gasteiger partial charge in [-0.15, -0.1) is 0 Å². The topological polar surface area (TPSA) is 35.2 Å². The predicted molar refractivity (Wildman–Crippen MR) is 55.1 cm³/mol. The molecule has 2 N–H and O–H groups in total. The van der Waals surface area contributed by atoms with Gasteiger partial charge < -0.3 is 10.5 Å². The minimum absolute atomic E-state index is 0.116. The first kappa shape index (κ1) is 12.2. The van der Waals surface area contributed by atoms with Gasteiger partial charge in [-0.3, -0.25) is 0 Å². The van der Waals surface area contributed by atoms with Crippen molar-refractivity contribution in [1.29, 1.82) is 0 Å². The van der Waals surface area contributed by atoms with Crippen LogP contribution in [0.2, 0.25) is 5.02 Å². The van der Waals surface area contributed by atoms with Gasteiger partial charge in [-0.05, 0) is 19.9 Å². The fourth-order valence-electron chi connectivity index (χ4n) is 1.23. The Labute approximate surface area is 92.0 Å². The average molecular weight is 236 g/mol. The monoisotopic (exact) mass is 235 g/mol. The highest BCUT2D eigenvalue weighted by Crippen LogP contribution is 2.34. The van der Waals surface area contributed by atoms with Gasteiger partial charge >= 0.3 is 0 Å². The Hall–Kier alpha value is -0.870. The standard InChI is InChI=1S/C10H12ClF2NO/c1-10(2,14)5-4-6(11)8(13)9(15-3)7(5)12/h4H,14H2,1-3H3. The Morgan fingerprint density at radius 1 is 1.33 bits per heavy atom. The largest absolute Gasteiger partial charge is 0.491 e. The number of methoxy groups -OCH3 is 1. The first-order chi connectivity index (χ1) is 6.79. The first-order valence-electron chi connectivity index (χ1n) is 4.30. The Morgan fingerprint density at radius 3 is 2.27 bits per heavy atom. The van der Waals surface area contributed by atoms with Crippen LogP contribution in [-0.2, 0) is 5.54 Å². The van der Waals surface area contributed by atoms with Crippen molar-refractivity contribution in [2.75, 3.05) is 7.11 Å². The first-order valence-corrected chi connectivity index (χ1v) is 4.67. The number of ether oxygens (including phenoxy) is 1. The van der Waals surface area contributed by atoms with E-state index < -0.39 is 22.9 Å². The maximum atomic E-state index is 13.7. The minimum atomic E-state index is -0.950. The number of hydrogen-bond acceptors (Lipinski definition) is 2. The van der Waals surface area contributed by atoms with Crippen molar-refractivity contribution >= 4 is 11.6 Å². The highest BCUT2D eigenvalue weighted by atomic mass is 35.5. The Kier molecular flexibility index (Phi) is 3.21. The predicted octanol–water partition coefficient (Wildman–Crippen LogP) is 2.82. The fraction of sp³-hybridized carbons (Fsp3) is 0.400. The third-order valence-corrected chi connectivity index (χ3v) is 2.29. The maximum Gasteiger partial charge on any atom is 0.192 e. The number of halogens is 3. The van der Waals surface area contributed by atoms with Crippen LogP contribution in [-0.4, -0.2) is 7.11 Å². The lowest BCUT2D eigenvalue weighted by Crippen LogP contribution is -2.30. The zero-order valence-corrected chi connectivity index (χ0v) is 9.45. The van der Waals surface area contributed by atoms with E-state index in [-0.39, 0.29) is 10.6 Å². The van der Waals surface area contributed by atoms with Gasteiger partial charge in [0.2, 0.25) is 0 Å². The molecule has 1 aromatic rings. The van der Waals surface area contributed by atoms with Crippen LogP contribution in [0.15, 0.2) is 6.07 Å². The molecule has 1 rings (SSSR count). The molecule has 5 heteroatoms. The van der Waals surface area contributed by atoms with E-state index >= 15 is 0 Å². The maximum absolute atomic E-state index is 13.7. The summed E-state index contributed by atoms with van der Waals surface area (Å²) in [5, 5.41) is -0.207. The van der Waals surface area contributed by atoms with Gasteiger partial charge in [0.15, 0.2) is 17.4 Å². The second-order valence-corrected chi connectivity index (χ2v) is 4.20. The van der Waals surface area contributed by atoms with Crippen LogP contribution in [0.5, 0.6) is 5.75 Å². The summed E-state index contributed by atoms with van der Waals surface area (Å²) in [5.74, 6) is -2.23. The molecule has 84 valence electrons. The molecule has 0 fully saturated rings. The van der Waals surface area contributed by atoms with Crippen LogP contribution < -0.4 is 10.5 Å². The number of hydrogen-bond donors (Lipinski definition) is 1. The summed E-state index contributed by atoms with van der Waals surface area (Å²) >= 11 is 5.60. The van der Waals surface area contributed by atoms with E-state index in [2.05, 4.69) is 4.74 Å². The molecule has 0 aliphatic carbocycles. The van der Waals surface area contributed by atoms with E-state index in [0.29, 0.717) is 0 Å². The number of benzene rings is 1. The molecule has 0 radical (unpaired) electrons. The summed E-state index contributed by atoms with van der Waals surface area (Å²) in [6.07, 6.45) is 0. The Balaban J connectivity index is 3.51. The van der Waals surface area contributed by atoms with Crippen LogP contribution in [0, 0.1) is 11.6 Å². The molecule has 0 atom stereocenters. The molecule has 0 heterocycles. The summed E-state index contributed by atoms with van der Waals surface area (Å²) < 4.78 is 31.6. The van der Waals surface area contributed by atoms with Gasteiger partial charge in [0.1, 0.15) is 0 Å². The van der Waals surface area contributed by atoms with Gasteiger partial charge in [-0.1, -0.05) is 11.6 Å². The van der Waals surface area contributed by atoms with Crippen LogP contribution >= 0.6 is 11.6 Å². The lowest BCUT2D eigenvalue weighted by atomic mass is 9.94. The summed E-state index contributed by atoms with van der Waals surface area (Å²) in [6.45, 7) is 3.19. The third-order valence-electron chi connectivity index (χ3n) is 2.01. The third kappa shape index (κ3) is 2.21. The van der Waals surface area contributed by atoms with Crippen LogP contribution in [0.1, 0.15) is 19.4 Å². The Bertz CT molecular complexity index is 388. The molecule has 0 aliphatic rings. The molecule has 0 amide bonds. The summed E-state index contributed by atoms with van der Waals surface area (Å²) in [7, 11) is 1.17. The minimum Gasteiger partial charge on any atom is -0.491 e. The van der Waals surface area contributed by atoms with Gasteiger partial charge in [0.05, 0.1) is 12.1 Å². The van der Waals surface area contributed by atoms with E-state index in [4.69, 9.17) is 17.3 Å². The molecule has 0 bridgehead atoms. The highest BCUT2D eigenvalue weighted by molar-refractivity contribution is 6.31. The molecule has 2 nitrogen and oxygen atoms in total. The molecule has 1 aromatic carbocycles. The van der Waals surface area contributed by atoms with Gasteiger partial charge in [0, 0.05) is 11.1 Å². The van der Waals surface area contributed by atoms with Crippen molar-refractivity contribution < 1.29 is 13.5 Å². The molecule has 0 unspecified atom stereocenters. The quantitative estimate of drug-likeness (QED) is 0.800. The van der Waals surface area contributed by atoms with Crippen molar-refractivity contribution in [1.82, 2.24) is 0 Å². The highest BCUT2D eigenvalue weighted by Gasteiger charge is 2.26. The molecule has 15 heavy (non-hydrogen) atoms. The van der Waals surface area contributed by atoms with E-state index in [1.165, 1.54) is 13.2 Å². The molecule has 0 saturated heterocycles. The normalized spacial score (nSPS) is 11.7. The lowest BCUT2D eigenvalue weighted by molar-refractivity contribution is 0.351. The van der Waals surface area contributed by atoms with Gasteiger partial charge in [0.25, 0.3) is 0 Å². The second kappa shape index (κ2) is 3.94. The van der Waals surface area contributed by atoms with Crippen LogP contribution in [0.25, 0.3) is 0 Å². The molecule has 0 saturated carbocycles. The molecular formula is C10H12ClF2NO. The van der Waals surface area contributed by atoms with E-state index in [1.807, 2.05) is 0 Å².